The lowest BCUT2D eigenvalue weighted by atomic mass is 10.0. The fraction of sp³-hybridized carbons (Fsp3) is 0.381. The van der Waals surface area contributed by atoms with Crippen LogP contribution in [-0.4, -0.2) is 59.5 Å². The minimum atomic E-state index is -3.74. The van der Waals surface area contributed by atoms with Crippen LogP contribution in [-0.2, 0) is 20.0 Å². The standard InChI is InChI=1S/C21H29N3O5S2/c1-13-9-17(11-20(16(13)4)31(28,29)24(7)8)21(25)22-19-12-18(10-14(2)15(19)3)30(26,27)23(5)6/h9-12H,1-8H3,(H,22,25). The van der Waals surface area contributed by atoms with Crippen LogP contribution in [0.25, 0.3) is 0 Å². The third-order valence-corrected chi connectivity index (χ3v) is 9.04. The summed E-state index contributed by atoms with van der Waals surface area (Å²) in [6, 6.07) is 5.92. The highest BCUT2D eigenvalue weighted by molar-refractivity contribution is 7.89. The first kappa shape index (κ1) is 25.0. The summed E-state index contributed by atoms with van der Waals surface area (Å²) in [4.78, 5) is 13.1. The third kappa shape index (κ3) is 4.82. The Balaban J connectivity index is 2.57. The Bertz CT molecular complexity index is 1250. The Morgan fingerprint density at radius 1 is 0.742 bits per heavy atom. The zero-order valence-electron chi connectivity index (χ0n) is 19.1. The van der Waals surface area contributed by atoms with E-state index >= 15 is 0 Å². The van der Waals surface area contributed by atoms with E-state index in [-0.39, 0.29) is 15.4 Å². The number of carbonyl (C=O) groups excluding carboxylic acids is 1. The van der Waals surface area contributed by atoms with Crippen molar-refractivity contribution in [3.8, 4) is 0 Å². The van der Waals surface area contributed by atoms with Gasteiger partial charge in [-0.05, 0) is 74.2 Å². The first-order chi connectivity index (χ1) is 14.1. The van der Waals surface area contributed by atoms with E-state index in [9.17, 15) is 21.6 Å². The molecule has 1 amide bonds. The van der Waals surface area contributed by atoms with Crippen molar-refractivity contribution in [1.29, 1.82) is 0 Å². The van der Waals surface area contributed by atoms with Crippen LogP contribution in [0, 0.1) is 27.7 Å². The quantitative estimate of drug-likeness (QED) is 0.703. The van der Waals surface area contributed by atoms with E-state index in [4.69, 9.17) is 0 Å². The second-order valence-electron chi connectivity index (χ2n) is 7.86. The molecule has 0 unspecified atom stereocenters. The number of nitrogens with zero attached hydrogens (tertiary/aromatic N) is 2. The van der Waals surface area contributed by atoms with E-state index in [1.165, 1.54) is 40.3 Å². The SMILES string of the molecule is Cc1cc(S(=O)(=O)N(C)C)cc(NC(=O)c2cc(C)c(C)c(S(=O)(=O)N(C)C)c2)c1C. The molecule has 0 aliphatic heterocycles. The van der Waals surface area contributed by atoms with Gasteiger partial charge in [-0.3, -0.25) is 4.79 Å². The molecule has 0 spiro atoms. The molecule has 170 valence electrons. The first-order valence-electron chi connectivity index (χ1n) is 9.49. The Hall–Kier alpha value is -2.27. The van der Waals surface area contributed by atoms with Gasteiger partial charge in [-0.15, -0.1) is 0 Å². The van der Waals surface area contributed by atoms with Gasteiger partial charge in [-0.2, -0.15) is 0 Å². The summed E-state index contributed by atoms with van der Waals surface area (Å²) in [7, 11) is -1.70. The number of rotatable bonds is 6. The maximum absolute atomic E-state index is 13.0. The van der Waals surface area contributed by atoms with Gasteiger partial charge in [0.1, 0.15) is 0 Å². The Morgan fingerprint density at radius 3 is 1.77 bits per heavy atom. The van der Waals surface area contributed by atoms with Crippen molar-refractivity contribution < 1.29 is 21.6 Å². The summed E-state index contributed by atoms with van der Waals surface area (Å²) in [5.41, 5.74) is 3.16. The fourth-order valence-electron chi connectivity index (χ4n) is 2.93. The monoisotopic (exact) mass is 467 g/mol. The minimum absolute atomic E-state index is 0.0551. The highest BCUT2D eigenvalue weighted by Crippen LogP contribution is 2.27. The number of carbonyl (C=O) groups is 1. The number of aryl methyl sites for hydroxylation is 2. The van der Waals surface area contributed by atoms with Crippen molar-refractivity contribution in [3.63, 3.8) is 0 Å². The maximum Gasteiger partial charge on any atom is 0.255 e. The zero-order chi connectivity index (χ0) is 23.9. The molecular formula is C21H29N3O5S2. The molecule has 0 aliphatic rings. The molecule has 2 rings (SSSR count). The minimum Gasteiger partial charge on any atom is -0.322 e. The Labute approximate surface area is 185 Å². The number of sulfonamides is 2. The number of hydrogen-bond acceptors (Lipinski definition) is 5. The molecule has 0 atom stereocenters. The van der Waals surface area contributed by atoms with Gasteiger partial charge in [0.15, 0.2) is 0 Å². The van der Waals surface area contributed by atoms with Gasteiger partial charge < -0.3 is 5.32 Å². The van der Waals surface area contributed by atoms with Gasteiger partial charge >= 0.3 is 0 Å². The first-order valence-corrected chi connectivity index (χ1v) is 12.4. The van der Waals surface area contributed by atoms with Crippen molar-refractivity contribution >= 4 is 31.6 Å². The zero-order valence-corrected chi connectivity index (χ0v) is 20.7. The molecule has 0 radical (unpaired) electrons. The van der Waals surface area contributed by atoms with Crippen LogP contribution >= 0.6 is 0 Å². The van der Waals surface area contributed by atoms with Gasteiger partial charge in [0.2, 0.25) is 20.0 Å². The summed E-state index contributed by atoms with van der Waals surface area (Å²) < 4.78 is 52.6. The Morgan fingerprint density at radius 2 is 1.26 bits per heavy atom. The van der Waals surface area contributed by atoms with Crippen LogP contribution < -0.4 is 5.32 Å². The second kappa shape index (κ2) is 8.70. The molecule has 31 heavy (non-hydrogen) atoms. The lowest BCUT2D eigenvalue weighted by molar-refractivity contribution is 0.102. The molecular weight excluding hydrogens is 438 g/mol. The number of anilines is 1. The van der Waals surface area contributed by atoms with E-state index in [2.05, 4.69) is 5.32 Å². The summed E-state index contributed by atoms with van der Waals surface area (Å²) in [6.45, 7) is 6.97. The van der Waals surface area contributed by atoms with Gasteiger partial charge in [-0.1, -0.05) is 0 Å². The molecule has 8 nitrogen and oxygen atoms in total. The number of amides is 1. The van der Waals surface area contributed by atoms with Crippen molar-refractivity contribution in [2.24, 2.45) is 0 Å². The third-order valence-electron chi connectivity index (χ3n) is 5.31. The van der Waals surface area contributed by atoms with Crippen LogP contribution in [0.2, 0.25) is 0 Å². The van der Waals surface area contributed by atoms with E-state index in [1.807, 2.05) is 0 Å². The topological polar surface area (TPSA) is 104 Å². The molecule has 0 fully saturated rings. The lowest BCUT2D eigenvalue weighted by Gasteiger charge is -2.18. The van der Waals surface area contributed by atoms with Crippen LogP contribution in [0.1, 0.15) is 32.6 Å². The average Bonchev–Trinajstić information content (AvgIpc) is 2.66. The van der Waals surface area contributed by atoms with Crippen molar-refractivity contribution in [2.75, 3.05) is 33.5 Å². The molecule has 0 heterocycles. The van der Waals surface area contributed by atoms with E-state index in [0.717, 1.165) is 14.2 Å². The summed E-state index contributed by atoms with van der Waals surface area (Å²) >= 11 is 0. The summed E-state index contributed by atoms with van der Waals surface area (Å²) in [6.07, 6.45) is 0. The summed E-state index contributed by atoms with van der Waals surface area (Å²) in [5.74, 6) is -0.528. The Kier molecular flexibility index (Phi) is 7.01. The predicted octanol–water partition coefficient (Wildman–Crippen LogP) is 2.67. The van der Waals surface area contributed by atoms with Crippen LogP contribution in [0.4, 0.5) is 5.69 Å². The number of hydrogen-bond donors (Lipinski definition) is 1. The van der Waals surface area contributed by atoms with Crippen molar-refractivity contribution in [1.82, 2.24) is 8.61 Å². The smallest absolute Gasteiger partial charge is 0.255 e. The van der Waals surface area contributed by atoms with E-state index in [0.29, 0.717) is 22.4 Å². The molecule has 2 aromatic rings. The molecule has 10 heteroatoms. The van der Waals surface area contributed by atoms with Gasteiger partial charge in [0.25, 0.3) is 5.91 Å². The molecule has 0 bridgehead atoms. The van der Waals surface area contributed by atoms with E-state index < -0.39 is 26.0 Å². The molecule has 0 aliphatic carbocycles. The van der Waals surface area contributed by atoms with Gasteiger partial charge in [0.05, 0.1) is 9.79 Å². The fourth-order valence-corrected chi connectivity index (χ4v) is 5.16. The highest BCUT2D eigenvalue weighted by atomic mass is 32.2. The largest absolute Gasteiger partial charge is 0.322 e. The van der Waals surface area contributed by atoms with Crippen LogP contribution in [0.15, 0.2) is 34.1 Å². The average molecular weight is 468 g/mol. The molecule has 1 N–H and O–H groups in total. The summed E-state index contributed by atoms with van der Waals surface area (Å²) in [5, 5.41) is 2.74. The van der Waals surface area contributed by atoms with Gasteiger partial charge in [0, 0.05) is 39.4 Å². The molecule has 0 saturated carbocycles. The van der Waals surface area contributed by atoms with Crippen LogP contribution in [0.3, 0.4) is 0 Å². The van der Waals surface area contributed by atoms with Crippen molar-refractivity contribution in [2.45, 2.75) is 37.5 Å². The lowest BCUT2D eigenvalue weighted by Crippen LogP contribution is -2.24. The maximum atomic E-state index is 13.0. The normalized spacial score (nSPS) is 12.5. The second-order valence-corrected chi connectivity index (χ2v) is 12.1. The highest BCUT2D eigenvalue weighted by Gasteiger charge is 2.24. The number of benzene rings is 2. The van der Waals surface area contributed by atoms with Crippen LogP contribution in [0.5, 0.6) is 0 Å². The molecule has 0 aromatic heterocycles. The molecule has 2 aromatic carbocycles. The predicted molar refractivity (Wildman–Crippen MR) is 122 cm³/mol. The van der Waals surface area contributed by atoms with Crippen molar-refractivity contribution in [3.05, 3.63) is 52.1 Å². The number of nitrogens with one attached hydrogen (secondary N) is 1. The van der Waals surface area contributed by atoms with Gasteiger partial charge in [-0.25, -0.2) is 25.4 Å². The van der Waals surface area contributed by atoms with E-state index in [1.54, 1.807) is 39.8 Å². The molecule has 0 saturated heterocycles.